The van der Waals surface area contributed by atoms with Crippen LogP contribution >= 0.6 is 0 Å². The minimum Gasteiger partial charge on any atom is -0.385 e. The Balaban J connectivity index is 2.22. The maximum atomic E-state index is 12.6. The van der Waals surface area contributed by atoms with E-state index in [1.807, 2.05) is 6.92 Å². The molecule has 2 rings (SSSR count). The molecule has 0 radical (unpaired) electrons. The molecule has 1 aromatic rings. The van der Waals surface area contributed by atoms with Crippen molar-refractivity contribution in [2.75, 3.05) is 25.5 Å². The maximum absolute atomic E-state index is 12.6. The number of non-ortho nitro benzene ring substituents is 1. The number of carbonyl (C=O) groups is 1. The molecular formula is C15H21N3O3. The first-order chi connectivity index (χ1) is 10.0. The highest BCUT2D eigenvalue weighted by molar-refractivity contribution is 6.00. The highest BCUT2D eigenvalue weighted by Crippen LogP contribution is 2.28. The lowest BCUT2D eigenvalue weighted by Crippen LogP contribution is -2.34. The smallest absolute Gasteiger partial charge is 0.270 e. The third-order valence-corrected chi connectivity index (χ3v) is 3.92. The van der Waals surface area contributed by atoms with Crippen LogP contribution in [0, 0.1) is 16.0 Å². The first kappa shape index (κ1) is 15.3. The van der Waals surface area contributed by atoms with Gasteiger partial charge in [0, 0.05) is 38.0 Å². The van der Waals surface area contributed by atoms with Crippen LogP contribution in [0.25, 0.3) is 0 Å². The molecule has 1 N–H and O–H groups in total. The van der Waals surface area contributed by atoms with Crippen molar-refractivity contribution >= 4 is 17.3 Å². The van der Waals surface area contributed by atoms with Crippen molar-refractivity contribution in [1.82, 2.24) is 4.90 Å². The number of anilines is 1. The van der Waals surface area contributed by atoms with Crippen LogP contribution in [0.4, 0.5) is 11.4 Å². The number of nitrogens with one attached hydrogen (secondary N) is 1. The molecule has 0 bridgehead atoms. The standard InChI is InChI=1S/C15H21N3O3/c1-3-16-14-8-7-12(18(20)21)9-13(14)15(19)17(2)10-11-5-4-6-11/h7-9,11,16H,3-6,10H2,1-2H3. The van der Waals surface area contributed by atoms with E-state index in [4.69, 9.17) is 0 Å². The molecule has 114 valence electrons. The Labute approximate surface area is 124 Å². The van der Waals surface area contributed by atoms with E-state index in [9.17, 15) is 14.9 Å². The summed E-state index contributed by atoms with van der Waals surface area (Å²) in [6.45, 7) is 3.30. The summed E-state index contributed by atoms with van der Waals surface area (Å²) in [7, 11) is 1.76. The molecule has 0 spiro atoms. The lowest BCUT2D eigenvalue weighted by atomic mass is 9.85. The zero-order valence-corrected chi connectivity index (χ0v) is 12.5. The Bertz CT molecular complexity index is 541. The summed E-state index contributed by atoms with van der Waals surface area (Å²) in [6.07, 6.45) is 3.55. The van der Waals surface area contributed by atoms with E-state index < -0.39 is 4.92 Å². The van der Waals surface area contributed by atoms with Crippen molar-refractivity contribution in [2.45, 2.75) is 26.2 Å². The van der Waals surface area contributed by atoms with Gasteiger partial charge in [0.05, 0.1) is 10.5 Å². The second kappa shape index (κ2) is 6.56. The number of amides is 1. The fourth-order valence-electron chi connectivity index (χ4n) is 2.52. The van der Waals surface area contributed by atoms with Crippen molar-refractivity contribution in [3.63, 3.8) is 0 Å². The van der Waals surface area contributed by atoms with Crippen molar-refractivity contribution < 1.29 is 9.72 Å². The number of hydrogen-bond acceptors (Lipinski definition) is 4. The van der Waals surface area contributed by atoms with Crippen LogP contribution in [0.15, 0.2) is 18.2 Å². The summed E-state index contributed by atoms with van der Waals surface area (Å²) in [5.41, 5.74) is 0.957. The van der Waals surface area contributed by atoms with E-state index >= 15 is 0 Å². The molecule has 1 fully saturated rings. The zero-order chi connectivity index (χ0) is 15.4. The van der Waals surface area contributed by atoms with Gasteiger partial charge in [0.25, 0.3) is 11.6 Å². The SMILES string of the molecule is CCNc1ccc([N+](=O)[O-])cc1C(=O)N(C)CC1CCC1. The molecule has 1 aliphatic rings. The molecule has 6 heteroatoms. The van der Waals surface area contributed by atoms with E-state index in [1.165, 1.54) is 18.6 Å². The Kier molecular flexibility index (Phi) is 4.77. The van der Waals surface area contributed by atoms with Gasteiger partial charge in [-0.3, -0.25) is 14.9 Å². The number of nitrogens with zero attached hydrogens (tertiary/aromatic N) is 2. The molecule has 1 aromatic carbocycles. The highest BCUT2D eigenvalue weighted by Gasteiger charge is 2.24. The number of nitro benzene ring substituents is 1. The first-order valence-electron chi connectivity index (χ1n) is 7.30. The molecule has 1 aliphatic carbocycles. The van der Waals surface area contributed by atoms with Gasteiger partial charge in [0.15, 0.2) is 0 Å². The fourth-order valence-corrected chi connectivity index (χ4v) is 2.52. The van der Waals surface area contributed by atoms with Gasteiger partial charge in [-0.2, -0.15) is 0 Å². The van der Waals surface area contributed by atoms with Gasteiger partial charge in [-0.05, 0) is 31.7 Å². The normalized spacial score (nSPS) is 14.4. The minimum absolute atomic E-state index is 0.0583. The van der Waals surface area contributed by atoms with E-state index in [1.54, 1.807) is 18.0 Å². The largest absolute Gasteiger partial charge is 0.385 e. The van der Waals surface area contributed by atoms with Crippen LogP contribution < -0.4 is 5.32 Å². The molecule has 0 aromatic heterocycles. The van der Waals surface area contributed by atoms with Crippen molar-refractivity contribution in [3.05, 3.63) is 33.9 Å². The highest BCUT2D eigenvalue weighted by atomic mass is 16.6. The lowest BCUT2D eigenvalue weighted by molar-refractivity contribution is -0.384. The molecule has 0 unspecified atom stereocenters. The molecule has 0 atom stereocenters. The van der Waals surface area contributed by atoms with E-state index in [0.717, 1.165) is 12.8 Å². The van der Waals surface area contributed by atoms with E-state index in [0.29, 0.717) is 30.3 Å². The number of carbonyl (C=O) groups excluding carboxylic acids is 1. The number of benzene rings is 1. The zero-order valence-electron chi connectivity index (χ0n) is 12.5. The predicted octanol–water partition coefficient (Wildman–Crippen LogP) is 2.90. The molecule has 0 saturated heterocycles. The summed E-state index contributed by atoms with van der Waals surface area (Å²) >= 11 is 0. The van der Waals surface area contributed by atoms with Crippen LogP contribution in [0.3, 0.4) is 0 Å². The average Bonchev–Trinajstić information content (AvgIpc) is 2.42. The summed E-state index contributed by atoms with van der Waals surface area (Å²) in [6, 6.07) is 4.38. The van der Waals surface area contributed by atoms with Gasteiger partial charge in [-0.25, -0.2) is 0 Å². The number of rotatable bonds is 6. The Morgan fingerprint density at radius 1 is 1.48 bits per heavy atom. The van der Waals surface area contributed by atoms with Gasteiger partial charge in [0.1, 0.15) is 0 Å². The predicted molar refractivity (Wildman–Crippen MR) is 81.6 cm³/mol. The lowest BCUT2D eigenvalue weighted by Gasteiger charge is -2.30. The maximum Gasteiger partial charge on any atom is 0.270 e. The summed E-state index contributed by atoms with van der Waals surface area (Å²) in [5.74, 6) is 0.404. The molecule has 21 heavy (non-hydrogen) atoms. The third-order valence-electron chi connectivity index (χ3n) is 3.92. The van der Waals surface area contributed by atoms with Crippen LogP contribution in [0.2, 0.25) is 0 Å². The molecule has 0 heterocycles. The molecule has 0 aliphatic heterocycles. The molecule has 1 amide bonds. The van der Waals surface area contributed by atoms with E-state index in [-0.39, 0.29) is 11.6 Å². The van der Waals surface area contributed by atoms with Crippen molar-refractivity contribution in [1.29, 1.82) is 0 Å². The quantitative estimate of drug-likeness (QED) is 0.646. The van der Waals surface area contributed by atoms with Gasteiger partial charge in [-0.1, -0.05) is 6.42 Å². The monoisotopic (exact) mass is 291 g/mol. The van der Waals surface area contributed by atoms with Gasteiger partial charge < -0.3 is 10.2 Å². The topological polar surface area (TPSA) is 75.5 Å². The Morgan fingerprint density at radius 2 is 2.19 bits per heavy atom. The van der Waals surface area contributed by atoms with Crippen LogP contribution in [0.1, 0.15) is 36.5 Å². The first-order valence-corrected chi connectivity index (χ1v) is 7.30. The summed E-state index contributed by atoms with van der Waals surface area (Å²) < 4.78 is 0. The minimum atomic E-state index is -0.474. The van der Waals surface area contributed by atoms with Gasteiger partial charge in [0.2, 0.25) is 0 Å². The van der Waals surface area contributed by atoms with Gasteiger partial charge >= 0.3 is 0 Å². The number of nitro groups is 1. The molecule has 1 saturated carbocycles. The van der Waals surface area contributed by atoms with Crippen molar-refractivity contribution in [3.8, 4) is 0 Å². The number of hydrogen-bond donors (Lipinski definition) is 1. The van der Waals surface area contributed by atoms with E-state index in [2.05, 4.69) is 5.32 Å². The van der Waals surface area contributed by atoms with Crippen LogP contribution in [-0.2, 0) is 0 Å². The Hall–Kier alpha value is -2.11. The van der Waals surface area contributed by atoms with Crippen LogP contribution in [-0.4, -0.2) is 35.9 Å². The van der Waals surface area contributed by atoms with Gasteiger partial charge in [-0.15, -0.1) is 0 Å². The summed E-state index contributed by atoms with van der Waals surface area (Å²) in [4.78, 5) is 24.7. The van der Waals surface area contributed by atoms with Crippen molar-refractivity contribution in [2.24, 2.45) is 5.92 Å². The summed E-state index contributed by atoms with van der Waals surface area (Å²) in [5, 5.41) is 14.0. The second-order valence-electron chi connectivity index (χ2n) is 5.50. The fraction of sp³-hybridized carbons (Fsp3) is 0.533. The Morgan fingerprint density at radius 3 is 2.71 bits per heavy atom. The van der Waals surface area contributed by atoms with Crippen LogP contribution in [0.5, 0.6) is 0 Å². The molecule has 6 nitrogen and oxygen atoms in total. The molecular weight excluding hydrogens is 270 g/mol. The third kappa shape index (κ3) is 3.51. The second-order valence-corrected chi connectivity index (χ2v) is 5.50. The average molecular weight is 291 g/mol.